The van der Waals surface area contributed by atoms with Crippen LogP contribution >= 0.6 is 0 Å². The zero-order valence-corrected chi connectivity index (χ0v) is 8.33. The molecule has 0 aromatic rings. The molecule has 0 saturated heterocycles. The molecular weight excluding hydrogens is 184 g/mol. The van der Waals surface area contributed by atoms with E-state index < -0.39 is 0 Å². The first kappa shape index (κ1) is 10.6. The molecule has 1 aliphatic heterocycles. The predicted molar refractivity (Wildman–Crippen MR) is 51.8 cm³/mol. The van der Waals surface area contributed by atoms with Crippen LogP contribution in [0.4, 0.5) is 0 Å². The van der Waals surface area contributed by atoms with E-state index in [1.54, 1.807) is 0 Å². The molecule has 0 unspecified atom stereocenters. The van der Waals surface area contributed by atoms with Gasteiger partial charge in [0.15, 0.2) is 0 Å². The number of nitrogens with zero attached hydrogens (tertiary/aromatic N) is 2. The highest BCUT2D eigenvalue weighted by molar-refractivity contribution is 6.43. The van der Waals surface area contributed by atoms with Crippen molar-refractivity contribution >= 4 is 17.5 Å². The van der Waals surface area contributed by atoms with Gasteiger partial charge in [-0.05, 0) is 14.1 Å². The van der Waals surface area contributed by atoms with E-state index in [-0.39, 0.29) is 23.9 Å². The molecule has 0 spiro atoms. The number of hydrogen-bond donors (Lipinski definition) is 2. The van der Waals surface area contributed by atoms with Gasteiger partial charge in [0.25, 0.3) is 5.91 Å². The molecule has 1 aliphatic rings. The Balaban J connectivity index is 2.26. The van der Waals surface area contributed by atoms with Crippen molar-refractivity contribution < 1.29 is 9.59 Å². The average molecular weight is 198 g/mol. The topological polar surface area (TPSA) is 73.8 Å². The summed E-state index contributed by atoms with van der Waals surface area (Å²) in [5, 5.41) is 6.28. The van der Waals surface area contributed by atoms with Gasteiger partial charge in [-0.1, -0.05) is 0 Å². The summed E-state index contributed by atoms with van der Waals surface area (Å²) in [6.07, 6.45) is 0.0772. The Morgan fingerprint density at radius 1 is 1.64 bits per heavy atom. The lowest BCUT2D eigenvalue weighted by Gasteiger charge is -2.09. The fraction of sp³-hybridized carbons (Fsp3) is 0.625. The first-order valence-corrected chi connectivity index (χ1v) is 4.38. The molecule has 6 nitrogen and oxygen atoms in total. The Bertz CT molecular complexity index is 273. The summed E-state index contributed by atoms with van der Waals surface area (Å²) in [6, 6.07) is 0. The highest BCUT2D eigenvalue weighted by Gasteiger charge is 2.20. The zero-order valence-electron chi connectivity index (χ0n) is 8.33. The van der Waals surface area contributed by atoms with Crippen LogP contribution in [-0.2, 0) is 9.59 Å². The monoisotopic (exact) mass is 198 g/mol. The van der Waals surface area contributed by atoms with Crippen molar-refractivity contribution in [3.05, 3.63) is 0 Å². The number of amides is 2. The molecule has 6 heteroatoms. The molecule has 1 rings (SSSR count). The molecule has 78 valence electrons. The molecule has 0 bridgehead atoms. The van der Waals surface area contributed by atoms with Crippen LogP contribution in [0, 0.1) is 0 Å². The van der Waals surface area contributed by atoms with Crippen LogP contribution in [0.25, 0.3) is 0 Å². The van der Waals surface area contributed by atoms with Gasteiger partial charge in [-0.2, -0.15) is 5.10 Å². The van der Waals surface area contributed by atoms with Crippen LogP contribution in [0.2, 0.25) is 0 Å². The van der Waals surface area contributed by atoms with E-state index in [0.29, 0.717) is 6.54 Å². The molecular formula is C8H14N4O2. The van der Waals surface area contributed by atoms with Crippen LogP contribution in [0.1, 0.15) is 6.42 Å². The van der Waals surface area contributed by atoms with Crippen LogP contribution in [0.15, 0.2) is 5.10 Å². The van der Waals surface area contributed by atoms with Gasteiger partial charge < -0.3 is 10.2 Å². The van der Waals surface area contributed by atoms with Crippen molar-refractivity contribution in [2.75, 3.05) is 27.2 Å². The molecule has 2 N–H and O–H groups in total. The van der Waals surface area contributed by atoms with E-state index in [9.17, 15) is 9.59 Å². The third-order valence-electron chi connectivity index (χ3n) is 1.75. The second kappa shape index (κ2) is 4.71. The minimum atomic E-state index is -0.273. The van der Waals surface area contributed by atoms with E-state index in [1.807, 2.05) is 19.0 Å². The average Bonchev–Trinajstić information content (AvgIpc) is 2.51. The van der Waals surface area contributed by atoms with Crippen molar-refractivity contribution in [2.45, 2.75) is 6.42 Å². The fourth-order valence-electron chi connectivity index (χ4n) is 0.987. The lowest BCUT2D eigenvalue weighted by molar-refractivity contribution is -0.120. The summed E-state index contributed by atoms with van der Waals surface area (Å²) in [5.41, 5.74) is 2.49. The molecule has 0 aromatic heterocycles. The Kier molecular flexibility index (Phi) is 3.58. The standard InChI is InChI=1S/C8H14N4O2/c1-12(2)4-3-9-8(14)6-5-7(13)11-10-6/h3-5H2,1-2H3,(H,9,14)(H,11,13). The lowest BCUT2D eigenvalue weighted by Crippen LogP contribution is -2.35. The fourth-order valence-corrected chi connectivity index (χ4v) is 0.987. The molecule has 1 heterocycles. The number of hydrogen-bond acceptors (Lipinski definition) is 4. The van der Waals surface area contributed by atoms with Gasteiger partial charge >= 0.3 is 0 Å². The maximum Gasteiger partial charge on any atom is 0.268 e. The minimum absolute atomic E-state index is 0.0772. The van der Waals surface area contributed by atoms with Crippen LogP contribution in [-0.4, -0.2) is 49.6 Å². The number of likely N-dealkylation sites (N-methyl/N-ethyl adjacent to an activating group) is 1. The summed E-state index contributed by atoms with van der Waals surface area (Å²) in [7, 11) is 3.84. The van der Waals surface area contributed by atoms with Gasteiger partial charge in [0.1, 0.15) is 5.71 Å². The van der Waals surface area contributed by atoms with E-state index >= 15 is 0 Å². The quantitative estimate of drug-likeness (QED) is 0.580. The zero-order chi connectivity index (χ0) is 10.6. The highest BCUT2D eigenvalue weighted by atomic mass is 16.2. The van der Waals surface area contributed by atoms with E-state index in [1.165, 1.54) is 0 Å². The number of nitrogens with one attached hydrogen (secondary N) is 2. The third kappa shape index (κ3) is 3.14. The smallest absolute Gasteiger partial charge is 0.268 e. The van der Waals surface area contributed by atoms with Gasteiger partial charge in [-0.3, -0.25) is 9.59 Å². The number of carbonyl (C=O) groups is 2. The van der Waals surface area contributed by atoms with Crippen molar-refractivity contribution in [1.29, 1.82) is 0 Å². The molecule has 0 aliphatic carbocycles. The van der Waals surface area contributed by atoms with Gasteiger partial charge in [-0.15, -0.1) is 0 Å². The van der Waals surface area contributed by atoms with Crippen molar-refractivity contribution in [3.63, 3.8) is 0 Å². The Labute approximate surface area is 82.3 Å². The highest BCUT2D eigenvalue weighted by Crippen LogP contribution is 1.94. The van der Waals surface area contributed by atoms with Crippen molar-refractivity contribution in [3.8, 4) is 0 Å². The van der Waals surface area contributed by atoms with Crippen molar-refractivity contribution in [1.82, 2.24) is 15.6 Å². The molecule has 0 radical (unpaired) electrons. The number of rotatable bonds is 4. The Morgan fingerprint density at radius 3 is 2.86 bits per heavy atom. The van der Waals surface area contributed by atoms with Crippen LogP contribution in [0.3, 0.4) is 0 Å². The summed E-state index contributed by atoms with van der Waals surface area (Å²) in [4.78, 5) is 24.0. The molecule has 14 heavy (non-hydrogen) atoms. The summed E-state index contributed by atoms with van der Waals surface area (Å²) in [5.74, 6) is -0.507. The van der Waals surface area contributed by atoms with E-state index in [0.717, 1.165) is 6.54 Å². The molecule has 0 aromatic carbocycles. The van der Waals surface area contributed by atoms with Crippen LogP contribution in [0.5, 0.6) is 0 Å². The largest absolute Gasteiger partial charge is 0.350 e. The minimum Gasteiger partial charge on any atom is -0.350 e. The van der Waals surface area contributed by atoms with Gasteiger partial charge in [-0.25, -0.2) is 5.43 Å². The van der Waals surface area contributed by atoms with Crippen molar-refractivity contribution in [2.24, 2.45) is 5.10 Å². The first-order valence-electron chi connectivity index (χ1n) is 4.38. The Morgan fingerprint density at radius 2 is 2.36 bits per heavy atom. The van der Waals surface area contributed by atoms with Crippen LogP contribution < -0.4 is 10.7 Å². The molecule has 0 saturated carbocycles. The summed E-state index contributed by atoms with van der Waals surface area (Å²) >= 11 is 0. The first-order chi connectivity index (χ1) is 6.59. The molecule has 0 fully saturated rings. The van der Waals surface area contributed by atoms with Gasteiger partial charge in [0, 0.05) is 13.1 Å². The predicted octanol–water partition coefficient (Wildman–Crippen LogP) is -1.46. The SMILES string of the molecule is CN(C)CCNC(=O)C1=NNC(=O)C1. The second-order valence-corrected chi connectivity index (χ2v) is 3.33. The maximum atomic E-state index is 11.3. The lowest BCUT2D eigenvalue weighted by atomic mass is 10.2. The van der Waals surface area contributed by atoms with Gasteiger partial charge in [0.05, 0.1) is 6.42 Å². The number of carbonyl (C=O) groups excluding carboxylic acids is 2. The normalized spacial score (nSPS) is 15.4. The van der Waals surface area contributed by atoms with Gasteiger partial charge in [0.2, 0.25) is 5.91 Å². The summed E-state index contributed by atoms with van der Waals surface area (Å²) in [6.45, 7) is 1.32. The molecule has 0 atom stereocenters. The Hall–Kier alpha value is -1.43. The molecule has 2 amide bonds. The van der Waals surface area contributed by atoms with E-state index in [2.05, 4.69) is 15.8 Å². The van der Waals surface area contributed by atoms with E-state index in [4.69, 9.17) is 0 Å². The number of hydrazone groups is 1. The maximum absolute atomic E-state index is 11.3. The third-order valence-corrected chi connectivity index (χ3v) is 1.75. The summed E-state index contributed by atoms with van der Waals surface area (Å²) < 4.78 is 0. The second-order valence-electron chi connectivity index (χ2n) is 3.33.